The number of carbonyl (C=O) groups excluding carboxylic acids is 1. The van der Waals surface area contributed by atoms with Crippen LogP contribution in [0.2, 0.25) is 0 Å². The summed E-state index contributed by atoms with van der Waals surface area (Å²) < 4.78 is 0. The normalized spacial score (nSPS) is 30.6. The van der Waals surface area contributed by atoms with Crippen LogP contribution in [0.4, 0.5) is 0 Å². The highest BCUT2D eigenvalue weighted by molar-refractivity contribution is 5.86. The Morgan fingerprint density at radius 2 is 2.16 bits per heavy atom. The van der Waals surface area contributed by atoms with Crippen molar-refractivity contribution in [3.8, 4) is 0 Å². The van der Waals surface area contributed by atoms with Gasteiger partial charge in [0.25, 0.3) is 0 Å². The quantitative estimate of drug-likeness (QED) is 0.905. The molecule has 3 rings (SSSR count). The summed E-state index contributed by atoms with van der Waals surface area (Å²) in [6, 6.07) is 4.54. The summed E-state index contributed by atoms with van der Waals surface area (Å²) in [6.07, 6.45) is 11.6. The van der Waals surface area contributed by atoms with Crippen molar-refractivity contribution in [2.75, 3.05) is 0 Å². The molecule has 102 valence electrons. The fourth-order valence-corrected chi connectivity index (χ4v) is 3.58. The number of Topliss-reactive ketones (excluding diaryl/α,β-unsaturated/α-hetero) is 1. The number of aromatic nitrogens is 1. The van der Waals surface area contributed by atoms with E-state index in [1.54, 1.807) is 12.4 Å². The number of hydrogen-bond acceptors (Lipinski definition) is 3. The third-order valence-electron chi connectivity index (χ3n) is 4.64. The topological polar surface area (TPSA) is 42.0 Å². The van der Waals surface area contributed by atoms with E-state index >= 15 is 0 Å². The first kappa shape index (κ1) is 12.8. The van der Waals surface area contributed by atoms with Crippen molar-refractivity contribution in [2.45, 2.75) is 57.0 Å². The van der Waals surface area contributed by atoms with E-state index in [1.807, 2.05) is 12.1 Å². The van der Waals surface area contributed by atoms with E-state index in [4.69, 9.17) is 0 Å². The third kappa shape index (κ3) is 3.03. The molecule has 3 heteroatoms. The molecule has 0 bridgehead atoms. The van der Waals surface area contributed by atoms with E-state index < -0.39 is 0 Å². The van der Waals surface area contributed by atoms with Crippen LogP contribution in [0.1, 0.15) is 44.1 Å². The van der Waals surface area contributed by atoms with Crippen LogP contribution in [0.5, 0.6) is 0 Å². The van der Waals surface area contributed by atoms with Crippen molar-refractivity contribution >= 4 is 5.78 Å². The van der Waals surface area contributed by atoms with Crippen molar-refractivity contribution in [3.05, 3.63) is 30.1 Å². The van der Waals surface area contributed by atoms with Gasteiger partial charge in [-0.25, -0.2) is 0 Å². The molecule has 1 aliphatic heterocycles. The molecule has 0 aromatic carbocycles. The molecule has 1 aromatic heterocycles. The van der Waals surface area contributed by atoms with Crippen LogP contribution < -0.4 is 5.32 Å². The van der Waals surface area contributed by atoms with E-state index in [0.717, 1.165) is 17.9 Å². The predicted molar refractivity (Wildman–Crippen MR) is 74.9 cm³/mol. The Bertz CT molecular complexity index is 432. The second-order valence-corrected chi connectivity index (χ2v) is 5.95. The van der Waals surface area contributed by atoms with Crippen LogP contribution in [0, 0.1) is 5.92 Å². The lowest BCUT2D eigenvalue weighted by atomic mass is 9.77. The maximum Gasteiger partial charge on any atom is 0.154 e. The number of nitrogens with one attached hydrogen (secondary N) is 1. The molecular weight excluding hydrogens is 236 g/mol. The van der Waals surface area contributed by atoms with Gasteiger partial charge in [0.2, 0.25) is 0 Å². The van der Waals surface area contributed by atoms with Gasteiger partial charge in [-0.15, -0.1) is 0 Å². The van der Waals surface area contributed by atoms with Gasteiger partial charge in [-0.1, -0.05) is 18.9 Å². The summed E-state index contributed by atoms with van der Waals surface area (Å²) in [6.45, 7) is 0. The largest absolute Gasteiger partial charge is 0.304 e. The Morgan fingerprint density at radius 3 is 3.00 bits per heavy atom. The van der Waals surface area contributed by atoms with Crippen LogP contribution >= 0.6 is 0 Å². The van der Waals surface area contributed by atoms with Gasteiger partial charge in [-0.05, 0) is 43.2 Å². The van der Waals surface area contributed by atoms with E-state index in [-0.39, 0.29) is 6.04 Å². The standard InChI is InChI=1S/C16H22N2O/c19-16(10-12-4-3-9-17-11-12)15-8-7-13-5-1-2-6-14(13)18-15/h3-4,9,11,13-15,18H,1-2,5-8,10H2. The summed E-state index contributed by atoms with van der Waals surface area (Å²) >= 11 is 0. The Kier molecular flexibility index (Phi) is 3.92. The fraction of sp³-hybridized carbons (Fsp3) is 0.625. The van der Waals surface area contributed by atoms with Crippen molar-refractivity contribution in [1.82, 2.24) is 10.3 Å². The average Bonchev–Trinajstić information content (AvgIpc) is 2.48. The van der Waals surface area contributed by atoms with Gasteiger partial charge in [0.1, 0.15) is 0 Å². The van der Waals surface area contributed by atoms with E-state index in [9.17, 15) is 4.79 Å². The molecule has 0 amide bonds. The predicted octanol–water partition coefficient (Wildman–Crippen LogP) is 2.50. The van der Waals surface area contributed by atoms with Crippen LogP contribution in [-0.4, -0.2) is 22.9 Å². The molecule has 3 unspecified atom stereocenters. The molecule has 19 heavy (non-hydrogen) atoms. The number of hydrogen-bond donors (Lipinski definition) is 1. The van der Waals surface area contributed by atoms with Crippen molar-refractivity contribution < 1.29 is 4.79 Å². The summed E-state index contributed by atoms with van der Waals surface area (Å²) in [5.74, 6) is 1.15. The first-order chi connectivity index (χ1) is 9.33. The lowest BCUT2D eigenvalue weighted by Crippen LogP contribution is -2.52. The second kappa shape index (κ2) is 5.83. The van der Waals surface area contributed by atoms with Gasteiger partial charge in [0.05, 0.1) is 6.04 Å². The lowest BCUT2D eigenvalue weighted by molar-refractivity contribution is -0.121. The SMILES string of the molecule is O=C(Cc1cccnc1)C1CCC2CCCCC2N1. The zero-order valence-electron chi connectivity index (χ0n) is 11.3. The molecule has 1 N–H and O–H groups in total. The zero-order chi connectivity index (χ0) is 13.1. The number of nitrogens with zero attached hydrogens (tertiary/aromatic N) is 1. The van der Waals surface area contributed by atoms with Gasteiger partial charge in [-0.2, -0.15) is 0 Å². The third-order valence-corrected chi connectivity index (χ3v) is 4.64. The minimum absolute atomic E-state index is 0.0690. The zero-order valence-corrected chi connectivity index (χ0v) is 11.3. The number of fused-ring (bicyclic) bond motifs is 1. The van der Waals surface area contributed by atoms with Gasteiger partial charge >= 0.3 is 0 Å². The van der Waals surface area contributed by atoms with Gasteiger partial charge < -0.3 is 5.32 Å². The second-order valence-electron chi connectivity index (χ2n) is 5.95. The van der Waals surface area contributed by atoms with Gasteiger partial charge in [-0.3, -0.25) is 9.78 Å². The molecule has 1 aliphatic carbocycles. The summed E-state index contributed by atoms with van der Waals surface area (Å²) in [5.41, 5.74) is 1.03. The number of ketones is 1. The summed E-state index contributed by atoms with van der Waals surface area (Å²) in [4.78, 5) is 16.4. The molecule has 3 atom stereocenters. The molecule has 3 nitrogen and oxygen atoms in total. The van der Waals surface area contributed by atoms with Crippen LogP contribution in [0.3, 0.4) is 0 Å². The van der Waals surface area contributed by atoms with E-state index in [2.05, 4.69) is 10.3 Å². The summed E-state index contributed by atoms with van der Waals surface area (Å²) in [5, 5.41) is 3.61. The highest BCUT2D eigenvalue weighted by atomic mass is 16.1. The number of pyridine rings is 1. The van der Waals surface area contributed by atoms with Crippen LogP contribution in [0.25, 0.3) is 0 Å². The molecule has 0 radical (unpaired) electrons. The first-order valence-electron chi connectivity index (χ1n) is 7.50. The molecule has 0 spiro atoms. The smallest absolute Gasteiger partial charge is 0.154 e. The highest BCUT2D eigenvalue weighted by Crippen LogP contribution is 2.32. The maximum absolute atomic E-state index is 12.4. The number of carbonyl (C=O) groups is 1. The fourth-order valence-electron chi connectivity index (χ4n) is 3.58. The number of piperidine rings is 1. The van der Waals surface area contributed by atoms with Crippen LogP contribution in [0.15, 0.2) is 24.5 Å². The molecule has 1 saturated carbocycles. The Labute approximate surface area is 114 Å². The molecule has 2 aliphatic rings. The molecule has 1 aromatic rings. The molecule has 2 fully saturated rings. The lowest BCUT2D eigenvalue weighted by Gasteiger charge is -2.40. The maximum atomic E-state index is 12.4. The Morgan fingerprint density at radius 1 is 1.26 bits per heavy atom. The first-order valence-corrected chi connectivity index (χ1v) is 7.50. The highest BCUT2D eigenvalue weighted by Gasteiger charge is 2.34. The van der Waals surface area contributed by atoms with Gasteiger partial charge in [0.15, 0.2) is 5.78 Å². The van der Waals surface area contributed by atoms with Crippen molar-refractivity contribution in [3.63, 3.8) is 0 Å². The Hall–Kier alpha value is -1.22. The average molecular weight is 258 g/mol. The number of rotatable bonds is 3. The Balaban J connectivity index is 1.59. The van der Waals surface area contributed by atoms with Crippen molar-refractivity contribution in [1.29, 1.82) is 0 Å². The molecule has 1 saturated heterocycles. The van der Waals surface area contributed by atoms with Gasteiger partial charge in [0, 0.05) is 24.9 Å². The van der Waals surface area contributed by atoms with Crippen molar-refractivity contribution in [2.24, 2.45) is 5.92 Å². The minimum Gasteiger partial charge on any atom is -0.304 e. The molecular formula is C16H22N2O. The minimum atomic E-state index is 0.0690. The summed E-state index contributed by atoms with van der Waals surface area (Å²) in [7, 11) is 0. The van der Waals surface area contributed by atoms with Crippen LogP contribution in [-0.2, 0) is 11.2 Å². The van der Waals surface area contributed by atoms with E-state index in [1.165, 1.54) is 32.1 Å². The molecule has 2 heterocycles. The van der Waals surface area contributed by atoms with E-state index in [0.29, 0.717) is 18.2 Å². The monoisotopic (exact) mass is 258 g/mol.